The normalized spacial score (nSPS) is 41.2. The maximum atomic E-state index is 12.4. The number of hydrogen-bond donors (Lipinski definition) is 0. The largest absolute Gasteiger partial charge is 0.496 e. The third kappa shape index (κ3) is 2.80. The van der Waals surface area contributed by atoms with Gasteiger partial charge in [-0.25, -0.2) is 0 Å². The Morgan fingerprint density at radius 2 is 1.12 bits per heavy atom. The van der Waals surface area contributed by atoms with E-state index in [2.05, 4.69) is 24.3 Å². The molecule has 2 aromatic rings. The van der Waals surface area contributed by atoms with E-state index < -0.39 is 31.1 Å². The smallest absolute Gasteiger partial charge is 0.264 e. The highest BCUT2D eigenvalue weighted by atomic mass is 32.2. The molecule has 6 aliphatic rings. The number of allylic oxidation sites excluding steroid dienone is 2. The summed E-state index contributed by atoms with van der Waals surface area (Å²) in [6.07, 6.45) is 8.71. The molecular weight excluding hydrogens is 552 g/mol. The molecule has 4 bridgehead atoms. The van der Waals surface area contributed by atoms with Crippen LogP contribution in [-0.4, -0.2) is 56.8 Å². The number of benzene rings is 2. The second kappa shape index (κ2) is 7.82. The monoisotopic (exact) mass is 586 g/mol. The van der Waals surface area contributed by atoms with Crippen LogP contribution in [0.1, 0.15) is 35.8 Å². The Hall–Kier alpha value is -2.14. The average molecular weight is 587 g/mol. The van der Waals surface area contributed by atoms with Crippen LogP contribution in [0, 0.1) is 46.3 Å². The Kier molecular flexibility index (Phi) is 5.00. The molecule has 8 nitrogen and oxygen atoms in total. The third-order valence-corrected chi connectivity index (χ3v) is 12.9. The first kappa shape index (κ1) is 25.6. The molecule has 0 radical (unpaired) electrons. The summed E-state index contributed by atoms with van der Waals surface area (Å²) in [5, 5.41) is 2.01. The van der Waals surface area contributed by atoms with Crippen molar-refractivity contribution >= 4 is 31.0 Å². The summed E-state index contributed by atoms with van der Waals surface area (Å²) in [5.41, 5.74) is 1.34. The van der Waals surface area contributed by atoms with Crippen LogP contribution in [0.4, 0.5) is 0 Å². The molecule has 0 heterocycles. The van der Waals surface area contributed by atoms with E-state index in [9.17, 15) is 16.8 Å². The van der Waals surface area contributed by atoms with Crippen molar-refractivity contribution in [1.29, 1.82) is 0 Å². The van der Waals surface area contributed by atoms with Crippen LogP contribution in [0.2, 0.25) is 0 Å². The van der Waals surface area contributed by atoms with Gasteiger partial charge in [-0.15, -0.1) is 0 Å². The van der Waals surface area contributed by atoms with E-state index in [-0.39, 0.29) is 48.7 Å². The zero-order valence-corrected chi connectivity index (χ0v) is 24.6. The van der Waals surface area contributed by atoms with Crippen LogP contribution in [0.15, 0.2) is 36.4 Å². The molecule has 0 unspecified atom stereocenters. The number of methoxy groups -OCH3 is 2. The van der Waals surface area contributed by atoms with Crippen LogP contribution < -0.4 is 9.47 Å². The lowest BCUT2D eigenvalue weighted by Crippen LogP contribution is -2.85. The lowest BCUT2D eigenvalue weighted by Gasteiger charge is -2.84. The molecule has 2 aromatic carbocycles. The van der Waals surface area contributed by atoms with Crippen molar-refractivity contribution in [3.05, 3.63) is 47.5 Å². The van der Waals surface area contributed by atoms with Gasteiger partial charge in [0.25, 0.3) is 20.2 Å². The fourth-order valence-corrected chi connectivity index (χ4v) is 12.2. The molecule has 0 aromatic heterocycles. The molecule has 0 aliphatic heterocycles. The van der Waals surface area contributed by atoms with Crippen molar-refractivity contribution in [3.63, 3.8) is 0 Å². The molecule has 4 saturated carbocycles. The molecule has 6 aliphatic carbocycles. The molecule has 40 heavy (non-hydrogen) atoms. The molecule has 214 valence electrons. The fourth-order valence-electron chi connectivity index (χ4n) is 11.4. The summed E-state index contributed by atoms with van der Waals surface area (Å²) < 4.78 is 73.2. The van der Waals surface area contributed by atoms with Crippen molar-refractivity contribution < 1.29 is 34.7 Å². The SMILES string of the molecule is COc1c2c(c(OC)c3ccccc13)[C@@H]1C[C@H]2[C@@H]2[C@H]1[C@@]1(COS(C)(=O)=O)[C@H]3[C@H]([C@@H]4C=C[C@H]3C4)[C@@]21COS(C)(=O)=O. The van der Waals surface area contributed by atoms with Crippen molar-refractivity contribution in [3.8, 4) is 11.5 Å². The van der Waals surface area contributed by atoms with Crippen LogP contribution in [-0.2, 0) is 28.6 Å². The van der Waals surface area contributed by atoms with E-state index in [4.69, 9.17) is 17.8 Å². The van der Waals surface area contributed by atoms with Gasteiger partial charge in [0.2, 0.25) is 0 Å². The second-order valence-corrected chi connectivity index (χ2v) is 16.2. The Balaban J connectivity index is 1.36. The minimum atomic E-state index is -3.71. The Morgan fingerprint density at radius 1 is 0.700 bits per heavy atom. The Bertz CT molecular complexity index is 1590. The van der Waals surface area contributed by atoms with Gasteiger partial charge in [0, 0.05) is 32.7 Å². The number of hydrogen-bond acceptors (Lipinski definition) is 8. The van der Waals surface area contributed by atoms with E-state index in [1.807, 2.05) is 12.1 Å². The lowest BCUT2D eigenvalue weighted by molar-refractivity contribution is -0.385. The van der Waals surface area contributed by atoms with E-state index in [1.165, 1.54) is 11.1 Å². The second-order valence-electron chi connectivity index (χ2n) is 13.0. The van der Waals surface area contributed by atoms with E-state index in [0.717, 1.165) is 47.6 Å². The third-order valence-electron chi connectivity index (χ3n) is 11.8. The van der Waals surface area contributed by atoms with Gasteiger partial charge in [0.15, 0.2) is 0 Å². The summed E-state index contributed by atoms with van der Waals surface area (Å²) in [6.45, 7) is 0.119. The minimum Gasteiger partial charge on any atom is -0.496 e. The zero-order valence-electron chi connectivity index (χ0n) is 23.0. The fraction of sp³-hybridized carbons (Fsp3) is 0.600. The van der Waals surface area contributed by atoms with Crippen molar-refractivity contribution in [1.82, 2.24) is 0 Å². The summed E-state index contributed by atoms with van der Waals surface area (Å²) >= 11 is 0. The summed E-state index contributed by atoms with van der Waals surface area (Å²) in [5.74, 6) is 3.46. The molecule has 0 saturated heterocycles. The van der Waals surface area contributed by atoms with E-state index in [1.54, 1.807) is 14.2 Å². The van der Waals surface area contributed by atoms with Gasteiger partial charge in [0.1, 0.15) is 11.5 Å². The maximum Gasteiger partial charge on any atom is 0.264 e. The molecule has 10 heteroatoms. The van der Waals surface area contributed by atoms with Gasteiger partial charge in [-0.3, -0.25) is 8.37 Å². The van der Waals surface area contributed by atoms with Crippen LogP contribution in [0.25, 0.3) is 10.8 Å². The highest BCUT2D eigenvalue weighted by molar-refractivity contribution is 7.86. The average Bonchev–Trinajstić information content (AvgIpc) is 3.65. The topological polar surface area (TPSA) is 105 Å². The summed E-state index contributed by atoms with van der Waals surface area (Å²) in [6, 6.07) is 8.13. The summed E-state index contributed by atoms with van der Waals surface area (Å²) in [4.78, 5) is 0. The first-order valence-corrected chi connectivity index (χ1v) is 17.7. The van der Waals surface area contributed by atoms with Gasteiger partial charge < -0.3 is 9.47 Å². The molecule has 0 spiro atoms. The maximum absolute atomic E-state index is 12.4. The Labute approximate surface area is 235 Å². The van der Waals surface area contributed by atoms with Gasteiger partial charge in [0.05, 0.1) is 39.9 Å². The first-order valence-electron chi connectivity index (χ1n) is 14.0. The van der Waals surface area contributed by atoms with Gasteiger partial charge in [-0.2, -0.15) is 16.8 Å². The van der Waals surface area contributed by atoms with E-state index in [0.29, 0.717) is 11.8 Å². The lowest BCUT2D eigenvalue weighted by atomic mass is 9.19. The number of ether oxygens (including phenoxy) is 2. The first-order chi connectivity index (χ1) is 19.0. The number of fused-ring (bicyclic) bond motifs is 19. The number of rotatable bonds is 8. The molecule has 4 fully saturated rings. The minimum absolute atomic E-state index is 0.0595. The predicted molar refractivity (Wildman–Crippen MR) is 148 cm³/mol. The van der Waals surface area contributed by atoms with Gasteiger partial charge >= 0.3 is 0 Å². The van der Waals surface area contributed by atoms with Crippen molar-refractivity contribution in [2.75, 3.05) is 39.9 Å². The molecule has 8 rings (SSSR count). The quantitative estimate of drug-likeness (QED) is 0.259. The van der Waals surface area contributed by atoms with Crippen LogP contribution in [0.3, 0.4) is 0 Å². The Morgan fingerprint density at radius 3 is 1.50 bits per heavy atom. The van der Waals surface area contributed by atoms with Gasteiger partial charge in [-0.1, -0.05) is 36.4 Å². The van der Waals surface area contributed by atoms with Gasteiger partial charge in [-0.05, 0) is 60.2 Å². The standard InChI is InChI=1S/C30H34O8S2/c1-35-27-17-7-5-6-8-18(17)28(36-2)22-20-12-19(21(22)27)25-26(20)30(14-38-40(4,33)34)24-16-10-9-15(11-16)23(24)29(25,30)13-37-39(3,31)32/h5-10,15-16,19-20,23-26H,11-14H2,1-4H3/t15-,16+,19-,20+,23+,24-,25-,26+,29+,30-. The van der Waals surface area contributed by atoms with Crippen molar-refractivity contribution in [2.24, 2.45) is 46.3 Å². The highest BCUT2D eigenvalue weighted by Crippen LogP contribution is 2.94. The zero-order chi connectivity index (χ0) is 28.0. The summed E-state index contributed by atoms with van der Waals surface area (Å²) in [7, 11) is -3.99. The molecule has 0 amide bonds. The van der Waals surface area contributed by atoms with Crippen LogP contribution in [0.5, 0.6) is 11.5 Å². The molecular formula is C30H34O8S2. The molecule has 0 N–H and O–H groups in total. The molecule has 10 atom stereocenters. The highest BCUT2D eigenvalue weighted by Gasteiger charge is 2.92. The van der Waals surface area contributed by atoms with Crippen LogP contribution >= 0.6 is 0 Å². The van der Waals surface area contributed by atoms with Crippen molar-refractivity contribution in [2.45, 2.75) is 24.7 Å². The predicted octanol–water partition coefficient (Wildman–Crippen LogP) is 4.06. The van der Waals surface area contributed by atoms with E-state index >= 15 is 0 Å².